The molecule has 0 N–H and O–H groups in total. The van der Waals surface area contributed by atoms with Crippen molar-refractivity contribution in [2.45, 2.75) is 26.7 Å². The second-order valence-electron chi connectivity index (χ2n) is 7.22. The summed E-state index contributed by atoms with van der Waals surface area (Å²) >= 11 is 0. The Morgan fingerprint density at radius 2 is 1.88 bits per heavy atom. The molecule has 1 unspecified atom stereocenters. The Morgan fingerprint density at radius 1 is 1.04 bits per heavy atom. The van der Waals surface area contributed by atoms with Gasteiger partial charge >= 0.3 is 0 Å². The van der Waals surface area contributed by atoms with Crippen LogP contribution < -0.4 is 0 Å². The van der Waals surface area contributed by atoms with Crippen LogP contribution in [0.5, 0.6) is 0 Å². The van der Waals surface area contributed by atoms with Gasteiger partial charge in [-0.3, -0.25) is 0 Å². The molecule has 0 amide bonds. The maximum Gasteiger partial charge on any atom is 0.0445 e. The first-order valence-corrected chi connectivity index (χ1v) is 9.03. The average Bonchev–Trinajstić information content (AvgIpc) is 2.60. The Balaban J connectivity index is 1.86. The molecular formula is C23H25N. The lowest BCUT2D eigenvalue weighted by molar-refractivity contribution is 0.341. The van der Waals surface area contributed by atoms with Gasteiger partial charge in [0.15, 0.2) is 0 Å². The Kier molecular flexibility index (Phi) is 4.02. The van der Waals surface area contributed by atoms with Gasteiger partial charge in [0.2, 0.25) is 0 Å². The summed E-state index contributed by atoms with van der Waals surface area (Å²) in [6, 6.07) is 15.6. The molecular weight excluding hydrogens is 290 g/mol. The monoisotopic (exact) mass is 315 g/mol. The van der Waals surface area contributed by atoms with Crippen molar-refractivity contribution in [3.63, 3.8) is 0 Å². The number of hydrogen-bond donors (Lipinski definition) is 0. The molecule has 0 spiro atoms. The van der Waals surface area contributed by atoms with Crippen LogP contribution in [0.1, 0.15) is 30.0 Å². The molecule has 0 bridgehead atoms. The fraction of sp³-hybridized carbons (Fsp3) is 0.304. The van der Waals surface area contributed by atoms with E-state index in [9.17, 15) is 0 Å². The average molecular weight is 315 g/mol. The molecule has 0 saturated carbocycles. The topological polar surface area (TPSA) is 3.24 Å². The Hall–Kier alpha value is -2.28. The highest BCUT2D eigenvalue weighted by molar-refractivity contribution is 5.76. The highest BCUT2D eigenvalue weighted by Crippen LogP contribution is 2.35. The largest absolute Gasteiger partial charge is 0.367 e. The lowest BCUT2D eigenvalue weighted by atomic mass is 9.87. The zero-order valence-electron chi connectivity index (χ0n) is 14.6. The van der Waals surface area contributed by atoms with E-state index in [1.165, 1.54) is 46.4 Å². The van der Waals surface area contributed by atoms with Gasteiger partial charge in [-0.25, -0.2) is 0 Å². The van der Waals surface area contributed by atoms with Gasteiger partial charge in [0.1, 0.15) is 0 Å². The Labute approximate surface area is 145 Å². The van der Waals surface area contributed by atoms with Crippen LogP contribution in [-0.2, 0) is 6.42 Å². The van der Waals surface area contributed by atoms with E-state index >= 15 is 0 Å². The fourth-order valence-corrected chi connectivity index (χ4v) is 3.98. The molecule has 122 valence electrons. The number of benzene rings is 2. The maximum atomic E-state index is 2.55. The van der Waals surface area contributed by atoms with Crippen molar-refractivity contribution in [2.75, 3.05) is 13.1 Å². The van der Waals surface area contributed by atoms with Crippen LogP contribution >= 0.6 is 0 Å². The molecule has 1 heteroatoms. The van der Waals surface area contributed by atoms with Crippen molar-refractivity contribution in [2.24, 2.45) is 5.92 Å². The van der Waals surface area contributed by atoms with Crippen LogP contribution in [0, 0.1) is 12.8 Å². The fourth-order valence-electron chi connectivity index (χ4n) is 3.98. The molecule has 1 nitrogen and oxygen atoms in total. The van der Waals surface area contributed by atoms with Crippen LogP contribution in [0.25, 0.3) is 16.8 Å². The number of fused-ring (bicyclic) bond motifs is 3. The first-order chi connectivity index (χ1) is 11.7. The SMILES string of the molecule is Cc1cc2c(cc1-c1ccccc1)CCC(C)CN1CC=CC=C21. The van der Waals surface area contributed by atoms with E-state index in [0.717, 1.165) is 19.0 Å². The third-order valence-corrected chi connectivity index (χ3v) is 5.31. The van der Waals surface area contributed by atoms with Crippen LogP contribution in [-0.4, -0.2) is 18.0 Å². The van der Waals surface area contributed by atoms with Gasteiger partial charge in [-0.05, 0) is 60.1 Å². The van der Waals surface area contributed by atoms with Crippen molar-refractivity contribution in [1.29, 1.82) is 0 Å². The first kappa shape index (κ1) is 15.3. The lowest BCUT2D eigenvalue weighted by Crippen LogP contribution is -2.31. The highest BCUT2D eigenvalue weighted by atomic mass is 15.1. The Bertz CT molecular complexity index is 798. The highest BCUT2D eigenvalue weighted by Gasteiger charge is 2.22. The van der Waals surface area contributed by atoms with Crippen molar-refractivity contribution in [3.05, 3.63) is 77.4 Å². The van der Waals surface area contributed by atoms with Crippen LogP contribution in [0.4, 0.5) is 0 Å². The molecule has 2 heterocycles. The maximum absolute atomic E-state index is 2.55. The van der Waals surface area contributed by atoms with E-state index in [2.05, 4.69) is 79.4 Å². The zero-order chi connectivity index (χ0) is 16.5. The predicted molar refractivity (Wildman–Crippen MR) is 103 cm³/mol. The van der Waals surface area contributed by atoms with Gasteiger partial charge in [0.25, 0.3) is 0 Å². The van der Waals surface area contributed by atoms with Crippen molar-refractivity contribution in [1.82, 2.24) is 4.90 Å². The number of hydrogen-bond acceptors (Lipinski definition) is 1. The van der Waals surface area contributed by atoms with E-state index in [1.807, 2.05) is 0 Å². The van der Waals surface area contributed by atoms with E-state index < -0.39 is 0 Å². The molecule has 2 aromatic rings. The van der Waals surface area contributed by atoms with Crippen molar-refractivity contribution >= 4 is 5.70 Å². The van der Waals surface area contributed by atoms with Gasteiger partial charge in [-0.1, -0.05) is 55.5 Å². The predicted octanol–water partition coefficient (Wildman–Crippen LogP) is 5.46. The summed E-state index contributed by atoms with van der Waals surface area (Å²) in [4.78, 5) is 2.55. The third-order valence-electron chi connectivity index (χ3n) is 5.31. The second kappa shape index (κ2) is 6.32. The third kappa shape index (κ3) is 2.80. The number of allylic oxidation sites excluding steroid dienone is 2. The molecule has 0 radical (unpaired) electrons. The van der Waals surface area contributed by atoms with Crippen LogP contribution in [0.2, 0.25) is 0 Å². The summed E-state index contributed by atoms with van der Waals surface area (Å²) in [6.07, 6.45) is 9.20. The first-order valence-electron chi connectivity index (χ1n) is 9.03. The summed E-state index contributed by atoms with van der Waals surface area (Å²) in [5.41, 5.74) is 8.40. The molecule has 0 aromatic heterocycles. The van der Waals surface area contributed by atoms with Crippen LogP contribution in [0.3, 0.4) is 0 Å². The minimum atomic E-state index is 0.731. The van der Waals surface area contributed by atoms with Crippen molar-refractivity contribution < 1.29 is 0 Å². The molecule has 4 rings (SSSR count). The van der Waals surface area contributed by atoms with Crippen LogP contribution in [0.15, 0.2) is 60.7 Å². The summed E-state index contributed by atoms with van der Waals surface area (Å²) < 4.78 is 0. The zero-order valence-corrected chi connectivity index (χ0v) is 14.6. The standard InChI is InChI=1S/C23H25N/c1-17-11-12-20-15-21(19-8-4-3-5-9-19)18(2)14-22(20)23-10-6-7-13-24(23)16-17/h3-10,14-15,17H,11-13,16H2,1-2H3. The van der Waals surface area contributed by atoms with Gasteiger partial charge in [0.05, 0.1) is 0 Å². The summed E-state index contributed by atoms with van der Waals surface area (Å²) in [5, 5.41) is 0. The minimum absolute atomic E-state index is 0.731. The Morgan fingerprint density at radius 3 is 2.71 bits per heavy atom. The van der Waals surface area contributed by atoms with Gasteiger partial charge in [0, 0.05) is 24.4 Å². The van der Waals surface area contributed by atoms with Gasteiger partial charge in [-0.2, -0.15) is 0 Å². The molecule has 2 aliphatic rings. The summed E-state index contributed by atoms with van der Waals surface area (Å²) in [6.45, 7) is 6.82. The van der Waals surface area contributed by atoms with Gasteiger partial charge < -0.3 is 4.90 Å². The van der Waals surface area contributed by atoms with Gasteiger partial charge in [-0.15, -0.1) is 0 Å². The molecule has 2 aromatic carbocycles. The quantitative estimate of drug-likeness (QED) is 0.675. The molecule has 0 saturated heterocycles. The van der Waals surface area contributed by atoms with Crippen molar-refractivity contribution in [3.8, 4) is 11.1 Å². The van der Waals surface area contributed by atoms with E-state index in [4.69, 9.17) is 0 Å². The second-order valence-corrected chi connectivity index (χ2v) is 7.22. The minimum Gasteiger partial charge on any atom is -0.367 e. The molecule has 0 aliphatic carbocycles. The molecule has 0 fully saturated rings. The number of aryl methyl sites for hydroxylation is 2. The summed E-state index contributed by atoms with van der Waals surface area (Å²) in [7, 11) is 0. The van der Waals surface area contributed by atoms with E-state index in [0.29, 0.717) is 0 Å². The molecule has 1 atom stereocenters. The number of nitrogens with zero attached hydrogens (tertiary/aromatic N) is 1. The normalized spacial score (nSPS) is 19.8. The summed E-state index contributed by atoms with van der Waals surface area (Å²) in [5.74, 6) is 0.731. The van der Waals surface area contributed by atoms with E-state index in [-0.39, 0.29) is 0 Å². The lowest BCUT2D eigenvalue weighted by Gasteiger charge is -2.34. The molecule has 24 heavy (non-hydrogen) atoms. The number of rotatable bonds is 1. The molecule has 2 aliphatic heterocycles. The smallest absolute Gasteiger partial charge is 0.0445 e. The van der Waals surface area contributed by atoms with E-state index in [1.54, 1.807) is 0 Å².